The molecular weight excluding hydrogens is 393 g/mol. The largest absolute Gasteiger partial charge is 1.00 e. The van der Waals surface area contributed by atoms with Gasteiger partial charge in [0, 0.05) is 11.0 Å². The first-order chi connectivity index (χ1) is 9.21. The zero-order valence-corrected chi connectivity index (χ0v) is 19.8. The Hall–Kier alpha value is 1.18. The molecule has 0 bridgehead atoms. The summed E-state index contributed by atoms with van der Waals surface area (Å²) >= 11 is 1.72. The predicted octanol–water partition coefficient (Wildman–Crippen LogP) is 1.12. The summed E-state index contributed by atoms with van der Waals surface area (Å²) in [5.74, 6) is 2.23. The molecule has 2 atom stereocenters. The van der Waals surface area contributed by atoms with Gasteiger partial charge >= 0.3 is 68.9 Å². The van der Waals surface area contributed by atoms with E-state index >= 15 is 0 Å². The zero-order valence-electron chi connectivity index (χ0n) is 12.7. The van der Waals surface area contributed by atoms with E-state index in [4.69, 9.17) is 14.2 Å². The van der Waals surface area contributed by atoms with E-state index in [9.17, 15) is 0 Å². The molecule has 1 aliphatic heterocycles. The summed E-state index contributed by atoms with van der Waals surface area (Å²) in [6.07, 6.45) is 1.05. The maximum absolute atomic E-state index is 5.63. The molecule has 5 heteroatoms. The molecule has 0 N–H and O–H groups in total. The van der Waals surface area contributed by atoms with Gasteiger partial charge < -0.3 is 14.2 Å². The van der Waals surface area contributed by atoms with Crippen LogP contribution >= 0.6 is 11.8 Å². The summed E-state index contributed by atoms with van der Waals surface area (Å²) < 4.78 is 16.8. The van der Waals surface area contributed by atoms with Crippen LogP contribution in [0.4, 0.5) is 0 Å². The molecule has 1 aliphatic rings. The zero-order chi connectivity index (χ0) is 13.7. The van der Waals surface area contributed by atoms with Crippen LogP contribution in [0, 0.1) is 12.5 Å². The number of benzene rings is 1. The van der Waals surface area contributed by atoms with Gasteiger partial charge in [0.15, 0.2) is 0 Å². The Kier molecular flexibility index (Phi) is 9.66. The van der Waals surface area contributed by atoms with Gasteiger partial charge in [-0.3, -0.25) is 0 Å². The molecule has 0 aliphatic carbocycles. The monoisotopic (exact) mass is 414 g/mol. The molecule has 1 fully saturated rings. The Morgan fingerprint density at radius 1 is 1.20 bits per heavy atom. The van der Waals surface area contributed by atoms with Crippen LogP contribution in [0.15, 0.2) is 23.1 Å². The molecule has 1 aromatic carbocycles. The number of ether oxygens (including phenoxy) is 3. The normalized spacial score (nSPS) is 21.4. The summed E-state index contributed by atoms with van der Waals surface area (Å²) in [5, 5.41) is 0. The molecule has 0 spiro atoms. The number of thioether (sulfide) groups is 1. The minimum atomic E-state index is 0. The van der Waals surface area contributed by atoms with Crippen molar-refractivity contribution in [3.05, 3.63) is 24.8 Å². The smallest absolute Gasteiger partial charge is 0.542 e. The maximum atomic E-state index is 5.63. The Morgan fingerprint density at radius 3 is 2.25 bits per heavy atom. The second-order valence-corrected chi connectivity index (χ2v) is 5.77. The first kappa shape index (κ1) is 19.2. The summed E-state index contributed by atoms with van der Waals surface area (Å²) in [4.78, 5) is 1.13. The third kappa shape index (κ3) is 6.12. The standard InChI is InChI=1S/C15H21O3S.Cs/c1-4-16-12-7-13(17-5-2)9-14(8-12)19-15-6-11(3)10-18-15;/h7-11,15H,4-6H2,1-3H3;/q-1;+1/t11-,15?;/m1./s1. The topological polar surface area (TPSA) is 27.7 Å². The maximum Gasteiger partial charge on any atom is 1.00 e. The van der Waals surface area contributed by atoms with Gasteiger partial charge in [-0.15, -0.1) is 5.92 Å². The number of hydrogen-bond acceptors (Lipinski definition) is 4. The molecule has 1 heterocycles. The fraction of sp³-hybridized carbons (Fsp3) is 0.533. The molecule has 0 aromatic heterocycles. The summed E-state index contributed by atoms with van der Waals surface area (Å²) in [6.45, 7) is 9.37. The number of rotatable bonds is 6. The van der Waals surface area contributed by atoms with Crippen LogP contribution in [0.2, 0.25) is 0 Å². The third-order valence-electron chi connectivity index (χ3n) is 2.77. The summed E-state index contributed by atoms with van der Waals surface area (Å²) in [6, 6.07) is 6.02. The fourth-order valence-corrected chi connectivity index (χ4v) is 3.17. The van der Waals surface area contributed by atoms with Crippen molar-refractivity contribution in [1.29, 1.82) is 0 Å². The van der Waals surface area contributed by atoms with Crippen LogP contribution < -0.4 is 78.4 Å². The average Bonchev–Trinajstić information content (AvgIpc) is 2.75. The molecule has 0 saturated carbocycles. The van der Waals surface area contributed by atoms with Crippen molar-refractivity contribution in [2.75, 3.05) is 13.2 Å². The van der Waals surface area contributed by atoms with E-state index in [1.54, 1.807) is 11.8 Å². The van der Waals surface area contributed by atoms with E-state index in [0.717, 1.165) is 22.8 Å². The minimum absolute atomic E-state index is 0. The fourth-order valence-electron chi connectivity index (χ4n) is 1.98. The van der Waals surface area contributed by atoms with Crippen LogP contribution in [0.5, 0.6) is 11.5 Å². The predicted molar refractivity (Wildman–Crippen MR) is 77.6 cm³/mol. The van der Waals surface area contributed by atoms with Gasteiger partial charge in [-0.05, 0) is 32.4 Å². The van der Waals surface area contributed by atoms with Crippen molar-refractivity contribution in [3.8, 4) is 11.5 Å². The molecule has 0 radical (unpaired) electrons. The van der Waals surface area contributed by atoms with Gasteiger partial charge in [0.2, 0.25) is 0 Å². The van der Waals surface area contributed by atoms with Gasteiger partial charge in [-0.1, -0.05) is 18.7 Å². The molecule has 0 amide bonds. The molecule has 2 rings (SSSR count). The van der Waals surface area contributed by atoms with E-state index in [0.29, 0.717) is 19.1 Å². The van der Waals surface area contributed by atoms with Crippen LogP contribution in [-0.4, -0.2) is 18.6 Å². The third-order valence-corrected chi connectivity index (χ3v) is 3.84. The molecule has 3 nitrogen and oxygen atoms in total. The van der Waals surface area contributed by atoms with E-state index in [1.165, 1.54) is 0 Å². The Labute approximate surface area is 184 Å². The van der Waals surface area contributed by atoms with Crippen molar-refractivity contribution in [3.63, 3.8) is 0 Å². The van der Waals surface area contributed by atoms with Crippen molar-refractivity contribution < 1.29 is 83.1 Å². The minimum Gasteiger partial charge on any atom is -0.542 e. The average molecular weight is 414 g/mol. The van der Waals surface area contributed by atoms with Gasteiger partial charge in [0.1, 0.15) is 11.5 Å². The molecule has 1 aromatic rings. The number of hydrogen-bond donors (Lipinski definition) is 0. The van der Waals surface area contributed by atoms with Crippen molar-refractivity contribution >= 4 is 11.8 Å². The molecule has 1 unspecified atom stereocenters. The Bertz CT molecular complexity index is 390. The van der Waals surface area contributed by atoms with Gasteiger partial charge in [0.25, 0.3) is 0 Å². The van der Waals surface area contributed by atoms with Crippen molar-refractivity contribution in [1.82, 2.24) is 0 Å². The van der Waals surface area contributed by atoms with E-state index in [-0.39, 0.29) is 74.3 Å². The molecule has 106 valence electrons. The van der Waals surface area contributed by atoms with Crippen LogP contribution in [0.25, 0.3) is 0 Å². The first-order valence-electron chi connectivity index (χ1n) is 6.77. The second kappa shape index (κ2) is 10.1. The van der Waals surface area contributed by atoms with Crippen molar-refractivity contribution in [2.45, 2.75) is 37.5 Å². The first-order valence-corrected chi connectivity index (χ1v) is 7.65. The second-order valence-electron chi connectivity index (χ2n) is 4.54. The molecule has 20 heavy (non-hydrogen) atoms. The summed E-state index contributed by atoms with van der Waals surface area (Å²) in [5.41, 5.74) is 0.196. The van der Waals surface area contributed by atoms with Gasteiger partial charge in [-0.25, -0.2) is 6.61 Å². The van der Waals surface area contributed by atoms with Crippen LogP contribution in [0.3, 0.4) is 0 Å². The van der Waals surface area contributed by atoms with E-state index in [2.05, 4.69) is 6.92 Å². The van der Waals surface area contributed by atoms with Crippen molar-refractivity contribution in [2.24, 2.45) is 5.92 Å². The van der Waals surface area contributed by atoms with Crippen LogP contribution in [-0.2, 0) is 4.74 Å². The summed E-state index contributed by atoms with van der Waals surface area (Å²) in [7, 11) is 0. The Morgan fingerprint density at radius 2 is 1.80 bits per heavy atom. The van der Waals surface area contributed by atoms with E-state index in [1.807, 2.05) is 38.7 Å². The molecule has 1 saturated heterocycles. The SMILES string of the molecule is CCOc1cc(OCC)cc(SC2C[C@@H](C)[CH-]O2)c1.[Cs+]. The molecular formula is C15H21CsO3S. The Balaban J connectivity index is 0.00000200. The van der Waals surface area contributed by atoms with Crippen LogP contribution in [0.1, 0.15) is 27.2 Å². The van der Waals surface area contributed by atoms with Gasteiger partial charge in [-0.2, -0.15) is 0 Å². The van der Waals surface area contributed by atoms with E-state index < -0.39 is 0 Å². The van der Waals surface area contributed by atoms with Gasteiger partial charge in [0.05, 0.1) is 18.6 Å². The quantitative estimate of drug-likeness (QED) is 0.653.